The lowest BCUT2D eigenvalue weighted by atomic mass is 9.81. The number of amides is 1. The van der Waals surface area contributed by atoms with Crippen molar-refractivity contribution in [3.05, 3.63) is 24.3 Å². The minimum absolute atomic E-state index is 0.0167. The molecule has 1 saturated heterocycles. The van der Waals surface area contributed by atoms with E-state index in [0.717, 1.165) is 13.1 Å². The molecule has 1 fully saturated rings. The van der Waals surface area contributed by atoms with E-state index in [4.69, 9.17) is 0 Å². The molecule has 1 aliphatic heterocycles. The number of aromatic nitrogens is 2. The molecular weight excluding hydrogens is 341 g/mol. The van der Waals surface area contributed by atoms with Gasteiger partial charge in [-0.15, -0.1) is 0 Å². The Kier molecular flexibility index (Phi) is 3.89. The molecule has 4 nitrogen and oxygen atoms in total. The Bertz CT molecular complexity index is 421. The van der Waals surface area contributed by atoms with Crippen molar-refractivity contribution < 1.29 is 4.79 Å². The van der Waals surface area contributed by atoms with E-state index in [1.54, 1.807) is 12.3 Å². The van der Waals surface area contributed by atoms with E-state index < -0.39 is 0 Å². The number of hydrogen-bond acceptors (Lipinski definition) is 3. The second kappa shape index (κ2) is 5.11. The van der Waals surface area contributed by atoms with Crippen LogP contribution >= 0.6 is 22.6 Å². The van der Waals surface area contributed by atoms with Crippen molar-refractivity contribution >= 4 is 28.5 Å². The third-order valence-electron chi connectivity index (χ3n) is 4.00. The summed E-state index contributed by atoms with van der Waals surface area (Å²) in [5.41, 5.74) is 0.487. The Labute approximate surface area is 121 Å². The Morgan fingerprint density at radius 2 is 2.06 bits per heavy atom. The van der Waals surface area contributed by atoms with Gasteiger partial charge in [0.15, 0.2) is 0 Å². The van der Waals surface area contributed by atoms with Crippen LogP contribution in [0.15, 0.2) is 18.6 Å². The van der Waals surface area contributed by atoms with Crippen LogP contribution in [-0.2, 0) is 0 Å². The monoisotopic (exact) mass is 359 g/mol. The van der Waals surface area contributed by atoms with Gasteiger partial charge >= 0.3 is 0 Å². The third kappa shape index (κ3) is 2.50. The van der Waals surface area contributed by atoms with Gasteiger partial charge in [0.1, 0.15) is 12.0 Å². The number of halogens is 1. The minimum atomic E-state index is 0.0167. The zero-order valence-corrected chi connectivity index (χ0v) is 13.1. The molecule has 1 aromatic heterocycles. The van der Waals surface area contributed by atoms with Crippen LogP contribution in [0.3, 0.4) is 0 Å². The number of piperidine rings is 1. The maximum atomic E-state index is 12.3. The van der Waals surface area contributed by atoms with Crippen LogP contribution in [0.1, 0.15) is 31.3 Å². The summed E-state index contributed by atoms with van der Waals surface area (Å²) in [5, 5.41) is 0. The SMILES string of the molecule is CC1CN(C(=O)c2ccncn2)CC(C)C1(C)I. The fraction of sp³-hybridized carbons (Fsp3) is 0.615. The topological polar surface area (TPSA) is 46.1 Å². The van der Waals surface area contributed by atoms with Crippen LogP contribution in [0, 0.1) is 11.8 Å². The normalized spacial score (nSPS) is 32.3. The van der Waals surface area contributed by atoms with E-state index in [0.29, 0.717) is 17.5 Å². The molecule has 1 amide bonds. The molecule has 1 aliphatic rings. The van der Waals surface area contributed by atoms with Gasteiger partial charge in [-0.25, -0.2) is 9.97 Å². The number of rotatable bonds is 1. The van der Waals surface area contributed by atoms with E-state index in [1.165, 1.54) is 6.33 Å². The summed E-state index contributed by atoms with van der Waals surface area (Å²) in [6, 6.07) is 1.68. The molecule has 0 N–H and O–H groups in total. The minimum Gasteiger partial charge on any atom is -0.337 e. The maximum Gasteiger partial charge on any atom is 0.272 e. The standard InChI is InChI=1S/C13H18IN3O/c1-9-6-17(7-10(2)13(9,3)14)12(18)11-4-5-15-8-16-11/h4-5,8-10H,6-7H2,1-3H3. The first kappa shape index (κ1) is 13.7. The molecule has 0 aromatic carbocycles. The lowest BCUT2D eigenvalue weighted by molar-refractivity contribution is 0.0574. The number of nitrogens with zero attached hydrogens (tertiary/aromatic N) is 3. The van der Waals surface area contributed by atoms with E-state index in [1.807, 2.05) is 4.90 Å². The van der Waals surface area contributed by atoms with Gasteiger partial charge in [0.2, 0.25) is 0 Å². The Morgan fingerprint density at radius 3 is 2.56 bits per heavy atom. The lowest BCUT2D eigenvalue weighted by Crippen LogP contribution is -2.53. The Morgan fingerprint density at radius 1 is 1.44 bits per heavy atom. The highest BCUT2D eigenvalue weighted by Crippen LogP contribution is 2.40. The molecule has 2 atom stereocenters. The van der Waals surface area contributed by atoms with E-state index >= 15 is 0 Å². The quantitative estimate of drug-likeness (QED) is 0.572. The summed E-state index contributed by atoms with van der Waals surface area (Å²) >= 11 is 2.53. The summed E-state index contributed by atoms with van der Waals surface area (Å²) in [6.45, 7) is 8.29. The number of likely N-dealkylation sites (tertiary alicyclic amines) is 1. The Balaban J connectivity index is 2.15. The Hall–Kier alpha value is -0.720. The zero-order chi connectivity index (χ0) is 13.3. The van der Waals surface area contributed by atoms with Gasteiger partial charge in [-0.05, 0) is 24.8 Å². The van der Waals surface area contributed by atoms with Crippen molar-refractivity contribution in [3.63, 3.8) is 0 Å². The van der Waals surface area contributed by atoms with Gasteiger partial charge in [0, 0.05) is 22.7 Å². The van der Waals surface area contributed by atoms with Crippen LogP contribution in [0.5, 0.6) is 0 Å². The highest BCUT2D eigenvalue weighted by molar-refractivity contribution is 14.1. The second-order valence-electron chi connectivity index (χ2n) is 5.26. The maximum absolute atomic E-state index is 12.3. The van der Waals surface area contributed by atoms with Gasteiger partial charge in [-0.1, -0.05) is 36.4 Å². The molecule has 0 radical (unpaired) electrons. The summed E-state index contributed by atoms with van der Waals surface area (Å²) < 4.78 is 0.250. The molecule has 0 saturated carbocycles. The van der Waals surface area contributed by atoms with Gasteiger partial charge in [0.25, 0.3) is 5.91 Å². The largest absolute Gasteiger partial charge is 0.337 e. The number of hydrogen-bond donors (Lipinski definition) is 0. The van der Waals surface area contributed by atoms with Crippen LogP contribution in [-0.4, -0.2) is 37.3 Å². The molecule has 1 aromatic rings. The first-order chi connectivity index (χ1) is 8.43. The van der Waals surface area contributed by atoms with Crippen molar-refractivity contribution in [3.8, 4) is 0 Å². The van der Waals surface area contributed by atoms with Crippen LogP contribution in [0.2, 0.25) is 0 Å². The van der Waals surface area contributed by atoms with Gasteiger partial charge in [-0.3, -0.25) is 4.79 Å². The molecule has 2 heterocycles. The molecule has 2 unspecified atom stereocenters. The first-order valence-corrected chi connectivity index (χ1v) is 7.25. The highest BCUT2D eigenvalue weighted by Gasteiger charge is 2.41. The van der Waals surface area contributed by atoms with Gasteiger partial charge in [-0.2, -0.15) is 0 Å². The van der Waals surface area contributed by atoms with Crippen LogP contribution < -0.4 is 0 Å². The second-order valence-corrected chi connectivity index (χ2v) is 7.58. The third-order valence-corrected chi connectivity index (χ3v) is 6.13. The van der Waals surface area contributed by atoms with Crippen molar-refractivity contribution in [1.82, 2.24) is 14.9 Å². The average molecular weight is 359 g/mol. The fourth-order valence-corrected chi connectivity index (χ4v) is 2.72. The van der Waals surface area contributed by atoms with Crippen LogP contribution in [0.4, 0.5) is 0 Å². The van der Waals surface area contributed by atoms with Crippen molar-refractivity contribution in [1.29, 1.82) is 0 Å². The highest BCUT2D eigenvalue weighted by atomic mass is 127. The molecule has 2 rings (SSSR count). The predicted octanol–water partition coefficient (Wildman–Crippen LogP) is 2.40. The predicted molar refractivity (Wildman–Crippen MR) is 78.7 cm³/mol. The summed E-state index contributed by atoms with van der Waals surface area (Å²) in [6.07, 6.45) is 3.03. The zero-order valence-electron chi connectivity index (χ0n) is 10.9. The van der Waals surface area contributed by atoms with Crippen molar-refractivity contribution in [2.75, 3.05) is 13.1 Å². The number of carbonyl (C=O) groups is 1. The van der Waals surface area contributed by atoms with E-state index in [2.05, 4.69) is 53.3 Å². The average Bonchev–Trinajstić information content (AvgIpc) is 2.36. The molecule has 0 spiro atoms. The molecule has 98 valence electrons. The van der Waals surface area contributed by atoms with Gasteiger partial charge in [0.05, 0.1) is 0 Å². The molecule has 0 aliphatic carbocycles. The molecule has 18 heavy (non-hydrogen) atoms. The summed E-state index contributed by atoms with van der Waals surface area (Å²) in [4.78, 5) is 22.1. The van der Waals surface area contributed by atoms with E-state index in [-0.39, 0.29) is 9.33 Å². The molecular formula is C13H18IN3O. The first-order valence-electron chi connectivity index (χ1n) is 6.17. The number of carbonyl (C=O) groups excluding carboxylic acids is 1. The summed E-state index contributed by atoms with van der Waals surface area (Å²) in [5.74, 6) is 0.975. The number of alkyl halides is 1. The van der Waals surface area contributed by atoms with Crippen molar-refractivity contribution in [2.24, 2.45) is 11.8 Å². The van der Waals surface area contributed by atoms with Crippen molar-refractivity contribution in [2.45, 2.75) is 24.2 Å². The van der Waals surface area contributed by atoms with Gasteiger partial charge < -0.3 is 4.90 Å². The fourth-order valence-electron chi connectivity index (χ4n) is 2.32. The van der Waals surface area contributed by atoms with E-state index in [9.17, 15) is 4.79 Å². The smallest absolute Gasteiger partial charge is 0.272 e. The summed E-state index contributed by atoms with van der Waals surface area (Å²) in [7, 11) is 0. The molecule has 5 heteroatoms. The molecule has 0 bridgehead atoms. The van der Waals surface area contributed by atoms with Crippen LogP contribution in [0.25, 0.3) is 0 Å². The lowest BCUT2D eigenvalue weighted by Gasteiger charge is -2.45.